The van der Waals surface area contributed by atoms with E-state index in [2.05, 4.69) is 0 Å². The SMILES string of the molecule is COC1=CC(=O)C(OC)=C(CCCCCC2=C(OC)C(=O)C(OC)=C(OC)C2=O)C1=O. The summed E-state index contributed by atoms with van der Waals surface area (Å²) in [5, 5.41) is 0. The Morgan fingerprint density at radius 3 is 1.52 bits per heavy atom. The van der Waals surface area contributed by atoms with Crippen molar-refractivity contribution in [3.63, 3.8) is 0 Å². The molecule has 0 amide bonds. The van der Waals surface area contributed by atoms with Crippen LogP contribution in [-0.4, -0.2) is 58.7 Å². The van der Waals surface area contributed by atoms with Crippen LogP contribution in [0.2, 0.25) is 0 Å². The molecule has 2 rings (SSSR count). The monoisotopic (exact) mass is 434 g/mol. The Labute approximate surface area is 180 Å². The van der Waals surface area contributed by atoms with Crippen LogP contribution in [0.1, 0.15) is 32.1 Å². The number of ether oxygens (including phenoxy) is 5. The topological polar surface area (TPSA) is 114 Å². The lowest BCUT2D eigenvalue weighted by Crippen LogP contribution is -2.26. The minimum atomic E-state index is -0.545. The Hall–Kier alpha value is -3.36. The van der Waals surface area contributed by atoms with E-state index >= 15 is 0 Å². The number of carbonyl (C=O) groups is 4. The van der Waals surface area contributed by atoms with Crippen LogP contribution in [0.15, 0.2) is 46.0 Å². The number of Topliss-reactive ketones (excluding diaryl/α,β-unsaturated/α-hetero) is 3. The number of allylic oxidation sites excluding steroid dienone is 3. The van der Waals surface area contributed by atoms with Gasteiger partial charge < -0.3 is 23.7 Å². The van der Waals surface area contributed by atoms with Crippen molar-refractivity contribution in [3.05, 3.63) is 46.0 Å². The summed E-state index contributed by atoms with van der Waals surface area (Å²) in [4.78, 5) is 49.7. The van der Waals surface area contributed by atoms with Gasteiger partial charge in [0.05, 0.1) is 35.5 Å². The summed E-state index contributed by atoms with van der Waals surface area (Å²) >= 11 is 0. The molecule has 0 saturated carbocycles. The fraction of sp³-hybridized carbons (Fsp3) is 0.455. The number of rotatable bonds is 11. The molecule has 0 aromatic heterocycles. The van der Waals surface area contributed by atoms with Crippen LogP contribution in [0.4, 0.5) is 0 Å². The minimum absolute atomic E-state index is 0.0187. The van der Waals surface area contributed by atoms with Crippen LogP contribution >= 0.6 is 0 Å². The van der Waals surface area contributed by atoms with Gasteiger partial charge in [0.25, 0.3) is 5.78 Å². The van der Waals surface area contributed by atoms with Gasteiger partial charge in [0.1, 0.15) is 0 Å². The van der Waals surface area contributed by atoms with Crippen LogP contribution in [-0.2, 0) is 42.9 Å². The van der Waals surface area contributed by atoms with Gasteiger partial charge >= 0.3 is 0 Å². The van der Waals surface area contributed by atoms with E-state index in [0.29, 0.717) is 25.7 Å². The highest BCUT2D eigenvalue weighted by Gasteiger charge is 2.37. The normalized spacial score (nSPS) is 17.3. The molecule has 2 aliphatic rings. The molecule has 0 aromatic carbocycles. The molecule has 0 radical (unpaired) electrons. The van der Waals surface area contributed by atoms with Gasteiger partial charge in [0.15, 0.2) is 17.3 Å². The highest BCUT2D eigenvalue weighted by molar-refractivity contribution is 6.23. The number of carbonyl (C=O) groups excluding carboxylic acids is 4. The summed E-state index contributed by atoms with van der Waals surface area (Å²) in [7, 11) is 6.56. The molecule has 0 unspecified atom stereocenters. The zero-order valence-electron chi connectivity index (χ0n) is 18.3. The van der Waals surface area contributed by atoms with E-state index in [9.17, 15) is 19.2 Å². The maximum Gasteiger partial charge on any atom is 0.266 e. The summed E-state index contributed by atoms with van der Waals surface area (Å²) in [5.41, 5.74) is 0.484. The van der Waals surface area contributed by atoms with Crippen molar-refractivity contribution in [2.45, 2.75) is 32.1 Å². The quantitative estimate of drug-likeness (QED) is 0.356. The summed E-state index contributed by atoms with van der Waals surface area (Å²) < 4.78 is 25.3. The van der Waals surface area contributed by atoms with Gasteiger partial charge in [-0.3, -0.25) is 19.2 Å². The van der Waals surface area contributed by atoms with Crippen molar-refractivity contribution in [3.8, 4) is 0 Å². The molecule has 0 bridgehead atoms. The lowest BCUT2D eigenvalue weighted by atomic mass is 9.92. The number of methoxy groups -OCH3 is 5. The van der Waals surface area contributed by atoms with E-state index in [4.69, 9.17) is 23.7 Å². The van der Waals surface area contributed by atoms with Crippen molar-refractivity contribution in [2.75, 3.05) is 35.5 Å². The standard InChI is InChI=1S/C22H26O9/c1-27-15-11-14(23)19(28-2)12(16(15)24)9-7-6-8-10-13-17(25)21(30-4)22(31-5)18(26)20(13)29-3/h11H,6-10H2,1-5H3. The average molecular weight is 434 g/mol. The van der Waals surface area contributed by atoms with E-state index < -0.39 is 17.3 Å². The van der Waals surface area contributed by atoms with Crippen LogP contribution in [0.3, 0.4) is 0 Å². The van der Waals surface area contributed by atoms with Crippen molar-refractivity contribution in [1.29, 1.82) is 0 Å². The van der Waals surface area contributed by atoms with Gasteiger partial charge in [0, 0.05) is 17.2 Å². The Bertz CT molecular complexity index is 915. The molecule has 0 aliphatic heterocycles. The molecule has 168 valence electrons. The smallest absolute Gasteiger partial charge is 0.266 e. The van der Waals surface area contributed by atoms with Crippen LogP contribution in [0.5, 0.6) is 0 Å². The van der Waals surface area contributed by atoms with Gasteiger partial charge in [-0.2, -0.15) is 0 Å². The second-order valence-corrected chi connectivity index (χ2v) is 6.72. The Morgan fingerprint density at radius 2 is 1.03 bits per heavy atom. The molecular weight excluding hydrogens is 408 g/mol. The summed E-state index contributed by atoms with van der Waals surface area (Å²) in [6.07, 6.45) is 3.44. The highest BCUT2D eigenvalue weighted by atomic mass is 16.5. The average Bonchev–Trinajstić information content (AvgIpc) is 2.76. The Morgan fingerprint density at radius 1 is 0.548 bits per heavy atom. The largest absolute Gasteiger partial charge is 0.493 e. The molecular formula is C22H26O9. The summed E-state index contributed by atoms with van der Waals surface area (Å²) in [6.45, 7) is 0. The molecule has 9 heteroatoms. The van der Waals surface area contributed by atoms with Crippen molar-refractivity contribution < 1.29 is 42.9 Å². The molecule has 2 aliphatic carbocycles. The van der Waals surface area contributed by atoms with E-state index in [0.717, 1.165) is 6.08 Å². The van der Waals surface area contributed by atoms with Gasteiger partial charge in [-0.05, 0) is 25.7 Å². The number of unbranched alkanes of at least 4 members (excludes halogenated alkanes) is 2. The fourth-order valence-corrected chi connectivity index (χ4v) is 3.53. The van der Waals surface area contributed by atoms with Crippen molar-refractivity contribution in [2.24, 2.45) is 0 Å². The number of ketones is 4. The molecule has 0 heterocycles. The maximum atomic E-state index is 12.7. The first-order valence-corrected chi connectivity index (χ1v) is 9.66. The third-order valence-corrected chi connectivity index (χ3v) is 5.02. The van der Waals surface area contributed by atoms with Crippen LogP contribution < -0.4 is 0 Å². The number of hydrogen-bond donors (Lipinski definition) is 0. The first-order chi connectivity index (χ1) is 14.9. The predicted octanol–water partition coefficient (Wildman–Crippen LogP) is 2.08. The minimum Gasteiger partial charge on any atom is -0.493 e. The molecule has 9 nitrogen and oxygen atoms in total. The zero-order valence-corrected chi connectivity index (χ0v) is 18.3. The lowest BCUT2D eigenvalue weighted by molar-refractivity contribution is -0.123. The Kier molecular flexibility index (Phi) is 8.18. The maximum absolute atomic E-state index is 12.7. The molecule has 0 fully saturated rings. The second-order valence-electron chi connectivity index (χ2n) is 6.72. The summed E-state index contributed by atoms with van der Waals surface area (Å²) in [6, 6.07) is 0. The predicted molar refractivity (Wildman–Crippen MR) is 107 cm³/mol. The fourth-order valence-electron chi connectivity index (χ4n) is 3.53. The zero-order chi connectivity index (χ0) is 23.1. The third kappa shape index (κ3) is 4.70. The van der Waals surface area contributed by atoms with E-state index in [1.165, 1.54) is 35.5 Å². The van der Waals surface area contributed by atoms with E-state index in [1.807, 2.05) is 0 Å². The lowest BCUT2D eigenvalue weighted by Gasteiger charge is -2.21. The van der Waals surface area contributed by atoms with Gasteiger partial charge in [-0.1, -0.05) is 6.42 Å². The third-order valence-electron chi connectivity index (χ3n) is 5.02. The highest BCUT2D eigenvalue weighted by Crippen LogP contribution is 2.30. The van der Waals surface area contributed by atoms with Gasteiger partial charge in [0.2, 0.25) is 28.9 Å². The first-order valence-electron chi connectivity index (χ1n) is 9.66. The molecule has 0 N–H and O–H groups in total. The van der Waals surface area contributed by atoms with E-state index in [-0.39, 0.29) is 52.1 Å². The van der Waals surface area contributed by atoms with Gasteiger partial charge in [-0.25, -0.2) is 0 Å². The molecule has 0 atom stereocenters. The van der Waals surface area contributed by atoms with Gasteiger partial charge in [-0.15, -0.1) is 0 Å². The molecule has 0 aromatic rings. The Balaban J connectivity index is 2.04. The summed E-state index contributed by atoms with van der Waals surface area (Å²) in [5.74, 6) is -2.19. The first kappa shape index (κ1) is 23.9. The van der Waals surface area contributed by atoms with Crippen molar-refractivity contribution in [1.82, 2.24) is 0 Å². The second kappa shape index (κ2) is 10.6. The van der Waals surface area contributed by atoms with Crippen LogP contribution in [0.25, 0.3) is 0 Å². The molecule has 0 spiro atoms. The number of hydrogen-bond acceptors (Lipinski definition) is 9. The van der Waals surface area contributed by atoms with Crippen molar-refractivity contribution >= 4 is 23.1 Å². The van der Waals surface area contributed by atoms with E-state index in [1.54, 1.807) is 0 Å². The van der Waals surface area contributed by atoms with Crippen LogP contribution in [0, 0.1) is 0 Å². The molecule has 0 saturated heterocycles. The molecule has 31 heavy (non-hydrogen) atoms.